The molecule has 156 valence electrons. The highest BCUT2D eigenvalue weighted by molar-refractivity contribution is 5.59. The van der Waals surface area contributed by atoms with E-state index in [4.69, 9.17) is 18.9 Å². The first kappa shape index (κ1) is 21.0. The summed E-state index contributed by atoms with van der Waals surface area (Å²) in [5.74, 6) is 0.636. The van der Waals surface area contributed by atoms with Crippen molar-refractivity contribution < 1.29 is 32.5 Å². The lowest BCUT2D eigenvalue weighted by Crippen LogP contribution is -2.41. The van der Waals surface area contributed by atoms with E-state index in [2.05, 4.69) is 0 Å². The van der Waals surface area contributed by atoms with Crippen molar-refractivity contribution in [3.63, 3.8) is 0 Å². The van der Waals surface area contributed by atoms with E-state index in [0.29, 0.717) is 29.1 Å². The molecule has 0 aliphatic carbocycles. The van der Waals surface area contributed by atoms with Crippen LogP contribution < -0.4 is 14.2 Å². The number of nitrogens with zero attached hydrogens (tertiary/aromatic N) is 1. The summed E-state index contributed by atoms with van der Waals surface area (Å²) in [4.78, 5) is 12.8. The van der Waals surface area contributed by atoms with E-state index in [1.807, 2.05) is 0 Å². The van der Waals surface area contributed by atoms with Gasteiger partial charge in [-0.15, -0.1) is 0 Å². The largest absolute Gasteiger partial charge is 0.497 e. The van der Waals surface area contributed by atoms with Gasteiger partial charge < -0.3 is 23.7 Å². The van der Waals surface area contributed by atoms with Crippen LogP contribution in [0.3, 0.4) is 0 Å². The molecule has 3 unspecified atom stereocenters. The zero-order chi connectivity index (χ0) is 21.0. The first-order chi connectivity index (χ1) is 14.0. The summed E-state index contributed by atoms with van der Waals surface area (Å²) in [6.07, 6.45) is -2.25. The third-order valence-electron chi connectivity index (χ3n) is 4.92. The molecule has 0 amide bonds. The fourth-order valence-electron chi connectivity index (χ4n) is 3.46. The minimum absolute atomic E-state index is 0.000877. The van der Waals surface area contributed by atoms with Gasteiger partial charge in [0.05, 0.1) is 39.5 Å². The maximum absolute atomic E-state index is 15.4. The molecule has 0 saturated carbocycles. The zero-order valence-electron chi connectivity index (χ0n) is 16.4. The van der Waals surface area contributed by atoms with Gasteiger partial charge >= 0.3 is 0 Å². The van der Waals surface area contributed by atoms with Gasteiger partial charge in [-0.3, -0.25) is 0 Å². The van der Waals surface area contributed by atoms with Crippen LogP contribution in [0.2, 0.25) is 0 Å². The van der Waals surface area contributed by atoms with Gasteiger partial charge in [0.2, 0.25) is 0 Å². The first-order valence-electron chi connectivity index (χ1n) is 9.05. The molecule has 1 heterocycles. The maximum Gasteiger partial charge on any atom is 0.160 e. The first-order valence-corrected chi connectivity index (χ1v) is 9.05. The molecule has 0 spiro atoms. The molecule has 1 aliphatic rings. The monoisotopic (exact) mass is 407 g/mol. The van der Waals surface area contributed by atoms with Gasteiger partial charge in [0.1, 0.15) is 35.6 Å². The van der Waals surface area contributed by atoms with E-state index in [0.717, 1.165) is 0 Å². The highest BCUT2D eigenvalue weighted by Crippen LogP contribution is 2.42. The molecule has 1 saturated heterocycles. The third kappa shape index (κ3) is 4.18. The number of hydrogen-bond acceptors (Lipinski definition) is 6. The predicted molar refractivity (Wildman–Crippen MR) is 101 cm³/mol. The van der Waals surface area contributed by atoms with Crippen LogP contribution in [0.4, 0.5) is 8.78 Å². The normalized spacial score (nSPS) is 20.3. The van der Waals surface area contributed by atoms with Crippen LogP contribution in [0, 0.1) is 5.82 Å². The number of carbonyl (C=O) groups excluding carboxylic acids is 1. The van der Waals surface area contributed by atoms with E-state index in [1.165, 1.54) is 38.4 Å². The third-order valence-corrected chi connectivity index (χ3v) is 4.92. The summed E-state index contributed by atoms with van der Waals surface area (Å²) in [5, 5.41) is 0. The standard InChI is InChI=1S/C21H23F2NO5/c1-26-15-8-7-13(16(22)10-15)9-19(23)24-14(11-25)12-29-21(24)20-17(27-2)5-4-6-18(20)28-3/h4-8,10-11,14,19,21H,9,12H2,1-3H3. The average molecular weight is 407 g/mol. The topological polar surface area (TPSA) is 57.2 Å². The van der Waals surface area contributed by atoms with Crippen molar-refractivity contribution in [1.82, 2.24) is 4.90 Å². The molecule has 2 aromatic rings. The molecule has 0 aromatic heterocycles. The van der Waals surface area contributed by atoms with E-state index in [1.54, 1.807) is 24.3 Å². The highest BCUT2D eigenvalue weighted by Gasteiger charge is 2.43. The lowest BCUT2D eigenvalue weighted by Gasteiger charge is -2.30. The Labute approximate surface area is 167 Å². The molecule has 6 nitrogen and oxygen atoms in total. The van der Waals surface area contributed by atoms with Crippen molar-refractivity contribution in [2.45, 2.75) is 25.0 Å². The molecule has 3 rings (SSSR count). The van der Waals surface area contributed by atoms with Gasteiger partial charge in [0.25, 0.3) is 0 Å². The van der Waals surface area contributed by atoms with Crippen LogP contribution in [0.5, 0.6) is 17.2 Å². The second-order valence-corrected chi connectivity index (χ2v) is 6.51. The molecule has 1 aliphatic heterocycles. The summed E-state index contributed by atoms with van der Waals surface area (Å²) in [6.45, 7) is 0.000877. The van der Waals surface area contributed by atoms with Crippen LogP contribution in [0.1, 0.15) is 17.4 Å². The molecule has 29 heavy (non-hydrogen) atoms. The number of rotatable bonds is 8. The second-order valence-electron chi connectivity index (χ2n) is 6.51. The van der Waals surface area contributed by atoms with E-state index < -0.39 is 24.4 Å². The number of methoxy groups -OCH3 is 3. The van der Waals surface area contributed by atoms with Crippen molar-refractivity contribution >= 4 is 6.29 Å². The summed E-state index contributed by atoms with van der Waals surface area (Å²) < 4.78 is 51.2. The van der Waals surface area contributed by atoms with Crippen molar-refractivity contribution in [2.75, 3.05) is 27.9 Å². The van der Waals surface area contributed by atoms with Gasteiger partial charge in [-0.1, -0.05) is 12.1 Å². The van der Waals surface area contributed by atoms with Crippen molar-refractivity contribution in [3.8, 4) is 17.2 Å². The van der Waals surface area contributed by atoms with Gasteiger partial charge in [0.15, 0.2) is 6.30 Å². The zero-order valence-corrected chi connectivity index (χ0v) is 16.4. The van der Waals surface area contributed by atoms with Gasteiger partial charge in [-0.2, -0.15) is 0 Å². The van der Waals surface area contributed by atoms with Crippen molar-refractivity contribution in [3.05, 3.63) is 53.3 Å². The van der Waals surface area contributed by atoms with E-state index in [9.17, 15) is 9.18 Å². The van der Waals surface area contributed by atoms with Gasteiger partial charge in [0, 0.05) is 12.5 Å². The Bertz CT molecular complexity index is 841. The highest BCUT2D eigenvalue weighted by atomic mass is 19.1. The number of carbonyl (C=O) groups is 1. The average Bonchev–Trinajstić information content (AvgIpc) is 3.18. The Morgan fingerprint density at radius 3 is 2.41 bits per heavy atom. The number of aldehydes is 1. The van der Waals surface area contributed by atoms with Crippen LogP contribution in [-0.4, -0.2) is 51.5 Å². The summed E-state index contributed by atoms with van der Waals surface area (Å²) >= 11 is 0. The molecule has 3 atom stereocenters. The molecule has 0 N–H and O–H groups in total. The number of ether oxygens (including phenoxy) is 4. The van der Waals surface area contributed by atoms with Crippen molar-refractivity contribution in [2.24, 2.45) is 0 Å². The van der Waals surface area contributed by atoms with Crippen LogP contribution in [-0.2, 0) is 16.0 Å². The second kappa shape index (κ2) is 9.19. The Balaban J connectivity index is 1.94. The van der Waals surface area contributed by atoms with E-state index >= 15 is 4.39 Å². The summed E-state index contributed by atoms with van der Waals surface area (Å²) in [5.41, 5.74) is 0.639. The molecule has 0 bridgehead atoms. The Hall–Kier alpha value is -2.71. The summed E-state index contributed by atoms with van der Waals surface area (Å²) in [6, 6.07) is 8.52. The number of hydrogen-bond donors (Lipinski definition) is 0. The lowest BCUT2D eigenvalue weighted by molar-refractivity contribution is -0.114. The van der Waals surface area contributed by atoms with Crippen LogP contribution in [0.25, 0.3) is 0 Å². The molecule has 0 radical (unpaired) electrons. The smallest absolute Gasteiger partial charge is 0.160 e. The van der Waals surface area contributed by atoms with Gasteiger partial charge in [-0.25, -0.2) is 13.7 Å². The number of alkyl halides is 1. The fourth-order valence-corrected chi connectivity index (χ4v) is 3.46. The maximum atomic E-state index is 15.4. The lowest BCUT2D eigenvalue weighted by atomic mass is 10.1. The molecule has 1 fully saturated rings. The SMILES string of the molecule is COc1ccc(CC(F)N2C(C=O)COC2c2c(OC)cccc2OC)c(F)c1. The summed E-state index contributed by atoms with van der Waals surface area (Å²) in [7, 11) is 4.39. The quantitative estimate of drug-likeness (QED) is 0.495. The Morgan fingerprint density at radius 2 is 1.86 bits per heavy atom. The molecular formula is C21H23F2NO5. The Morgan fingerprint density at radius 1 is 1.17 bits per heavy atom. The molecule has 8 heteroatoms. The van der Waals surface area contributed by atoms with Crippen LogP contribution in [0.15, 0.2) is 36.4 Å². The van der Waals surface area contributed by atoms with E-state index in [-0.39, 0.29) is 18.6 Å². The van der Waals surface area contributed by atoms with Crippen molar-refractivity contribution in [1.29, 1.82) is 0 Å². The minimum Gasteiger partial charge on any atom is -0.497 e. The minimum atomic E-state index is -1.68. The molecular weight excluding hydrogens is 384 g/mol. The van der Waals surface area contributed by atoms with Crippen LogP contribution >= 0.6 is 0 Å². The number of benzene rings is 2. The number of halogens is 2. The van der Waals surface area contributed by atoms with Gasteiger partial charge in [-0.05, 0) is 23.8 Å². The fraction of sp³-hybridized carbons (Fsp3) is 0.381. The Kier molecular flexibility index (Phi) is 6.66. The molecule has 2 aromatic carbocycles. The predicted octanol–water partition coefficient (Wildman–Crippen LogP) is 3.29.